The molecule has 1 aromatic carbocycles. The van der Waals surface area contributed by atoms with E-state index in [2.05, 4.69) is 27.7 Å². The van der Waals surface area contributed by atoms with Crippen molar-refractivity contribution < 1.29 is 23.5 Å². The number of fused-ring (bicyclic) bond motifs is 1. The maximum Gasteiger partial charge on any atom is 0.337 e. The Bertz CT molecular complexity index is 1080. The summed E-state index contributed by atoms with van der Waals surface area (Å²) in [5, 5.41) is 3.30. The molecule has 0 bridgehead atoms. The molecule has 0 radical (unpaired) electrons. The Morgan fingerprint density at radius 3 is 2.58 bits per heavy atom. The van der Waals surface area contributed by atoms with Crippen LogP contribution in [0.4, 0.5) is 4.39 Å². The summed E-state index contributed by atoms with van der Waals surface area (Å²) in [7, 11) is 0. The normalized spacial score (nSPS) is 15.9. The van der Waals surface area contributed by atoms with Crippen LogP contribution in [-0.2, 0) is 19.1 Å². The lowest BCUT2D eigenvalue weighted by atomic mass is 10.1. The molecule has 192 valence electrons. The highest BCUT2D eigenvalue weighted by Crippen LogP contribution is 2.31. The topological polar surface area (TPSA) is 107 Å². The number of hydrogen-bond donors (Lipinski definition) is 1. The highest BCUT2D eigenvalue weighted by molar-refractivity contribution is 7.11. The molecule has 0 unspecified atom stereocenters. The van der Waals surface area contributed by atoms with Crippen molar-refractivity contribution in [2.75, 3.05) is 32.9 Å². The van der Waals surface area contributed by atoms with E-state index < -0.39 is 0 Å². The lowest BCUT2D eigenvalue weighted by Gasteiger charge is -2.26. The molecule has 0 aliphatic carbocycles. The first-order valence-electron chi connectivity index (χ1n) is 11.1. The number of amidine groups is 1. The zero-order chi connectivity index (χ0) is 26.5. The van der Waals surface area contributed by atoms with Crippen LogP contribution in [0.5, 0.6) is 0 Å². The monoisotopic (exact) mass is 534 g/mol. The third-order valence-electron chi connectivity index (χ3n) is 5.08. The van der Waals surface area contributed by atoms with Crippen molar-refractivity contribution in [3.63, 3.8) is 0 Å². The number of esters is 1. The number of thiazole rings is 1. The van der Waals surface area contributed by atoms with Crippen LogP contribution < -0.4 is 5.73 Å². The molecular formula is C25H28ClFN4O4S. The van der Waals surface area contributed by atoms with Gasteiger partial charge in [0.05, 0.1) is 37.9 Å². The fraction of sp³-hybridized carbons (Fsp3) is 0.360. The smallest absolute Gasteiger partial charge is 0.337 e. The molecule has 5 rings (SSSR count). The zero-order valence-corrected chi connectivity index (χ0v) is 21.4. The van der Waals surface area contributed by atoms with Crippen LogP contribution in [0.2, 0.25) is 5.02 Å². The van der Waals surface area contributed by atoms with Gasteiger partial charge in [-0.25, -0.2) is 14.2 Å². The average Bonchev–Trinajstić information content (AvgIpc) is 3.52. The van der Waals surface area contributed by atoms with Gasteiger partial charge in [0.2, 0.25) is 5.91 Å². The van der Waals surface area contributed by atoms with E-state index in [4.69, 9.17) is 26.8 Å². The van der Waals surface area contributed by atoms with Gasteiger partial charge in [-0.2, -0.15) is 0 Å². The number of nitrogens with two attached hydrogens (primary N) is 1. The van der Waals surface area contributed by atoms with E-state index in [1.54, 1.807) is 29.7 Å². The number of terminal acetylenes is 1. The summed E-state index contributed by atoms with van der Waals surface area (Å²) in [5.74, 6) is 0.130. The molecule has 3 aliphatic rings. The molecule has 1 amide bonds. The average molecular weight is 535 g/mol. The largest absolute Gasteiger partial charge is 0.463 e. The Balaban J connectivity index is 0.000000221. The van der Waals surface area contributed by atoms with Gasteiger partial charge in [0.25, 0.3) is 0 Å². The number of allylic oxidation sites excluding steroid dienone is 1. The molecule has 1 aromatic heterocycles. The number of amides is 1. The van der Waals surface area contributed by atoms with Crippen LogP contribution >= 0.6 is 22.9 Å². The van der Waals surface area contributed by atoms with Gasteiger partial charge >= 0.3 is 5.97 Å². The maximum atomic E-state index is 12.1. The number of nitrogens with zero attached hydrogens (tertiary/aromatic N) is 3. The van der Waals surface area contributed by atoms with E-state index in [-0.39, 0.29) is 23.6 Å². The highest BCUT2D eigenvalue weighted by Gasteiger charge is 2.32. The predicted octanol–water partition coefficient (Wildman–Crippen LogP) is 3.66. The number of hydrogen-bond acceptors (Lipinski definition) is 8. The first-order valence-corrected chi connectivity index (χ1v) is 12.4. The van der Waals surface area contributed by atoms with Crippen LogP contribution in [0.25, 0.3) is 0 Å². The SMILES string of the molecule is C#C.CCOC(=O)C1=C2CCCN2C(c2nccs2)=NC1.Fc1cccc(Cl)c1.NC(=O)C1COC1. The molecule has 2 saturated heterocycles. The first kappa shape index (κ1) is 29.0. The van der Waals surface area contributed by atoms with Gasteiger partial charge < -0.3 is 20.1 Å². The molecular weight excluding hydrogens is 507 g/mol. The zero-order valence-electron chi connectivity index (χ0n) is 19.9. The number of carbonyl (C=O) groups excluding carboxylic acids is 2. The molecule has 2 N–H and O–H groups in total. The number of halogens is 2. The van der Waals surface area contributed by atoms with Gasteiger partial charge in [-0.3, -0.25) is 9.79 Å². The molecule has 4 heterocycles. The lowest BCUT2D eigenvalue weighted by molar-refractivity contribution is -0.138. The van der Waals surface area contributed by atoms with Crippen molar-refractivity contribution in [1.29, 1.82) is 0 Å². The van der Waals surface area contributed by atoms with E-state index in [9.17, 15) is 14.0 Å². The summed E-state index contributed by atoms with van der Waals surface area (Å²) in [6, 6.07) is 5.82. The fourth-order valence-corrected chi connectivity index (χ4v) is 4.16. The van der Waals surface area contributed by atoms with Crippen LogP contribution in [0.3, 0.4) is 0 Å². The Kier molecular flexibility index (Phi) is 12.1. The van der Waals surface area contributed by atoms with Gasteiger partial charge in [-0.05, 0) is 38.0 Å². The number of primary amides is 1. The molecule has 3 aliphatic heterocycles. The molecule has 0 spiro atoms. The summed E-state index contributed by atoms with van der Waals surface area (Å²) in [6.07, 6.45) is 11.7. The van der Waals surface area contributed by atoms with Crippen LogP contribution in [-0.4, -0.2) is 60.5 Å². The van der Waals surface area contributed by atoms with E-state index >= 15 is 0 Å². The Hall–Kier alpha value is -3.26. The molecule has 0 saturated carbocycles. The second-order valence-electron chi connectivity index (χ2n) is 7.45. The van der Waals surface area contributed by atoms with Gasteiger partial charge in [0, 0.05) is 28.8 Å². The third-order valence-corrected chi connectivity index (χ3v) is 6.09. The molecule has 8 nitrogen and oxygen atoms in total. The van der Waals surface area contributed by atoms with Gasteiger partial charge in [0.1, 0.15) is 5.82 Å². The quantitative estimate of drug-likeness (QED) is 0.474. The summed E-state index contributed by atoms with van der Waals surface area (Å²) >= 11 is 6.98. The highest BCUT2D eigenvalue weighted by atomic mass is 35.5. The van der Waals surface area contributed by atoms with Crippen LogP contribution in [0.15, 0.2) is 52.1 Å². The maximum absolute atomic E-state index is 12.1. The second kappa shape index (κ2) is 15.0. The molecule has 2 fully saturated rings. The van der Waals surface area contributed by atoms with Gasteiger partial charge in [-0.1, -0.05) is 17.7 Å². The number of aliphatic imine (C=N–C) groups is 1. The number of benzene rings is 1. The number of rotatable bonds is 4. The Morgan fingerprint density at radius 2 is 2.11 bits per heavy atom. The van der Waals surface area contributed by atoms with Gasteiger partial charge in [-0.15, -0.1) is 24.2 Å². The summed E-state index contributed by atoms with van der Waals surface area (Å²) in [4.78, 5) is 33.0. The van der Waals surface area contributed by atoms with Crippen molar-refractivity contribution in [1.82, 2.24) is 9.88 Å². The summed E-state index contributed by atoms with van der Waals surface area (Å²) in [6.45, 7) is 4.57. The Labute approximate surface area is 219 Å². The number of ether oxygens (including phenoxy) is 2. The predicted molar refractivity (Wildman–Crippen MR) is 138 cm³/mol. The van der Waals surface area contributed by atoms with E-state index in [0.29, 0.717) is 37.0 Å². The molecule has 36 heavy (non-hydrogen) atoms. The van der Waals surface area contributed by atoms with Crippen molar-refractivity contribution in [2.24, 2.45) is 16.6 Å². The number of aromatic nitrogens is 1. The van der Waals surface area contributed by atoms with Crippen molar-refractivity contribution >= 4 is 40.6 Å². The standard InChI is InChI=1S/C13H15N3O2S.C6H4ClF.C4H7NO2.C2H2/c1-2-18-13(17)9-8-15-11(12-14-5-7-19-12)16-6-3-4-10(9)16;7-5-2-1-3-6(8)4-5;5-4(6)3-1-7-2-3;1-2/h5,7H,2-4,6,8H2,1H3;1-4H;3H,1-2H2,(H2,5,6);1-2H. The minimum Gasteiger partial charge on any atom is -0.463 e. The van der Waals surface area contributed by atoms with E-state index in [0.717, 1.165) is 35.9 Å². The van der Waals surface area contributed by atoms with E-state index in [1.807, 2.05) is 12.3 Å². The lowest BCUT2D eigenvalue weighted by Crippen LogP contribution is -2.38. The minimum absolute atomic E-state index is 0.000000000000000222. The van der Waals surface area contributed by atoms with Crippen molar-refractivity contribution in [2.45, 2.75) is 19.8 Å². The summed E-state index contributed by atoms with van der Waals surface area (Å²) in [5.41, 5.74) is 6.66. The molecule has 0 atom stereocenters. The van der Waals surface area contributed by atoms with Crippen LogP contribution in [0.1, 0.15) is 24.8 Å². The van der Waals surface area contributed by atoms with Crippen molar-refractivity contribution in [3.8, 4) is 12.8 Å². The van der Waals surface area contributed by atoms with Gasteiger partial charge in [0.15, 0.2) is 10.8 Å². The minimum atomic E-state index is -0.294. The molecule has 2 aromatic rings. The summed E-state index contributed by atoms with van der Waals surface area (Å²) < 4.78 is 21.9. The Morgan fingerprint density at radius 1 is 1.36 bits per heavy atom. The third kappa shape index (κ3) is 8.16. The van der Waals surface area contributed by atoms with E-state index in [1.165, 1.54) is 12.1 Å². The second-order valence-corrected chi connectivity index (χ2v) is 8.79. The van der Waals surface area contributed by atoms with Crippen molar-refractivity contribution in [3.05, 3.63) is 63.0 Å². The first-order chi connectivity index (χ1) is 17.4. The fourth-order valence-electron chi connectivity index (χ4n) is 3.33. The number of carbonyl (C=O) groups is 2. The van der Waals surface area contributed by atoms with Crippen LogP contribution in [0, 0.1) is 24.6 Å². The molecule has 11 heteroatoms.